The molecular weight excluding hydrogens is 398 g/mol. The molecule has 2 aliphatic carbocycles. The summed E-state index contributed by atoms with van der Waals surface area (Å²) in [5, 5.41) is 11.8. The van der Waals surface area contributed by atoms with Crippen LogP contribution in [0.5, 0.6) is 5.75 Å². The van der Waals surface area contributed by atoms with Crippen molar-refractivity contribution >= 4 is 16.7 Å². The normalized spacial score (nSPS) is 30.7. The Morgan fingerprint density at radius 3 is 2.31 bits per heavy atom. The highest BCUT2D eigenvalue weighted by Gasteiger charge is 2.50. The van der Waals surface area contributed by atoms with Gasteiger partial charge in [0.05, 0.1) is 12.0 Å². The first-order chi connectivity index (χ1) is 15.3. The van der Waals surface area contributed by atoms with Crippen LogP contribution >= 0.6 is 0 Å². The van der Waals surface area contributed by atoms with Crippen molar-refractivity contribution in [2.24, 2.45) is 29.1 Å². The van der Waals surface area contributed by atoms with Gasteiger partial charge in [0.2, 0.25) is 0 Å². The molecule has 4 fully saturated rings. The van der Waals surface area contributed by atoms with Gasteiger partial charge in [-0.1, -0.05) is 39.0 Å². The number of hydrogen-bond donors (Lipinski definition) is 1. The molecule has 0 amide bonds. The second kappa shape index (κ2) is 8.37. The Kier molecular flexibility index (Phi) is 5.69. The van der Waals surface area contributed by atoms with E-state index in [2.05, 4.69) is 62.1 Å². The highest BCUT2D eigenvalue weighted by molar-refractivity contribution is 5.84. The molecule has 4 aliphatic rings. The summed E-state index contributed by atoms with van der Waals surface area (Å²) in [5.74, 6) is 1.76. The Balaban J connectivity index is 1.19. The van der Waals surface area contributed by atoms with Crippen LogP contribution in [-0.4, -0.2) is 35.2 Å². The number of rotatable bonds is 5. The Labute approximate surface area is 191 Å². The minimum absolute atomic E-state index is 0.107. The van der Waals surface area contributed by atoms with Gasteiger partial charge in [0.15, 0.2) is 0 Å². The fourth-order valence-electron chi connectivity index (χ4n) is 6.46. The average molecular weight is 436 g/mol. The Bertz CT molecular complexity index is 974. The first-order valence-corrected chi connectivity index (χ1v) is 12.4. The molecule has 2 aromatic carbocycles. The van der Waals surface area contributed by atoms with Crippen LogP contribution in [0.4, 0.5) is 0 Å². The van der Waals surface area contributed by atoms with Gasteiger partial charge in [0, 0.05) is 19.6 Å². The molecule has 1 N–H and O–H groups in total. The summed E-state index contributed by atoms with van der Waals surface area (Å²) in [6.07, 6.45) is 6.25. The van der Waals surface area contributed by atoms with Crippen molar-refractivity contribution in [3.05, 3.63) is 42.0 Å². The summed E-state index contributed by atoms with van der Waals surface area (Å²) in [6.45, 7) is 9.81. The maximum absolute atomic E-state index is 11.4. The van der Waals surface area contributed by atoms with Crippen LogP contribution in [0.25, 0.3) is 10.8 Å². The summed E-state index contributed by atoms with van der Waals surface area (Å²) in [5.41, 5.74) is 1.71. The van der Waals surface area contributed by atoms with E-state index in [1.54, 1.807) is 0 Å². The number of benzene rings is 2. The lowest BCUT2D eigenvalue weighted by atomic mass is 9.61. The van der Waals surface area contributed by atoms with E-state index < -0.39 is 5.97 Å². The number of ether oxygens (including phenoxy) is 1. The smallest absolute Gasteiger partial charge is 0.307 e. The van der Waals surface area contributed by atoms with Gasteiger partial charge in [-0.15, -0.1) is 0 Å². The zero-order valence-electron chi connectivity index (χ0n) is 19.7. The van der Waals surface area contributed by atoms with Crippen LogP contribution in [0.1, 0.15) is 58.4 Å². The van der Waals surface area contributed by atoms with Crippen molar-refractivity contribution in [2.45, 2.75) is 65.5 Å². The Morgan fingerprint density at radius 2 is 1.66 bits per heavy atom. The highest BCUT2D eigenvalue weighted by atomic mass is 16.5. The molecule has 2 atom stereocenters. The zero-order chi connectivity index (χ0) is 22.5. The second-order valence-electron chi connectivity index (χ2n) is 11.6. The topological polar surface area (TPSA) is 49.8 Å². The molecule has 32 heavy (non-hydrogen) atoms. The lowest BCUT2D eigenvalue weighted by molar-refractivity contribution is -0.159. The van der Waals surface area contributed by atoms with Crippen molar-refractivity contribution in [3.8, 4) is 5.75 Å². The first-order valence-electron chi connectivity index (χ1n) is 12.4. The maximum atomic E-state index is 11.4. The second-order valence-corrected chi connectivity index (χ2v) is 11.6. The van der Waals surface area contributed by atoms with Crippen molar-refractivity contribution in [1.29, 1.82) is 0 Å². The van der Waals surface area contributed by atoms with Crippen molar-refractivity contribution < 1.29 is 14.6 Å². The van der Waals surface area contributed by atoms with E-state index in [-0.39, 0.29) is 5.92 Å². The van der Waals surface area contributed by atoms with Crippen LogP contribution in [0.15, 0.2) is 36.4 Å². The third kappa shape index (κ3) is 4.39. The van der Waals surface area contributed by atoms with Crippen LogP contribution in [0.3, 0.4) is 0 Å². The van der Waals surface area contributed by atoms with Crippen molar-refractivity contribution in [3.63, 3.8) is 0 Å². The minimum atomic E-state index is -0.600. The lowest BCUT2D eigenvalue weighted by Crippen LogP contribution is -2.57. The van der Waals surface area contributed by atoms with Gasteiger partial charge < -0.3 is 9.84 Å². The number of carbonyl (C=O) groups is 1. The van der Waals surface area contributed by atoms with Gasteiger partial charge in [-0.2, -0.15) is 0 Å². The van der Waals surface area contributed by atoms with Crippen molar-refractivity contribution in [1.82, 2.24) is 4.90 Å². The molecule has 2 aliphatic heterocycles. The average Bonchev–Trinajstić information content (AvgIpc) is 2.73. The fraction of sp³-hybridized carbons (Fsp3) is 0.607. The number of nitrogens with zero attached hydrogens (tertiary/aromatic N) is 1. The van der Waals surface area contributed by atoms with Crippen LogP contribution in [-0.2, 0) is 11.3 Å². The largest absolute Gasteiger partial charge is 0.490 e. The molecule has 4 nitrogen and oxygen atoms in total. The molecular formula is C28H37NO3. The van der Waals surface area contributed by atoms with Gasteiger partial charge in [-0.25, -0.2) is 0 Å². The molecule has 2 unspecified atom stereocenters. The molecule has 2 bridgehead atoms. The number of aliphatic carboxylic acids is 1. The molecule has 2 saturated carbocycles. The number of carboxylic acids is 1. The molecule has 2 heterocycles. The zero-order valence-corrected chi connectivity index (χ0v) is 19.7. The maximum Gasteiger partial charge on any atom is 0.307 e. The minimum Gasteiger partial charge on any atom is -0.490 e. The van der Waals surface area contributed by atoms with E-state index >= 15 is 0 Å². The van der Waals surface area contributed by atoms with Crippen LogP contribution in [0.2, 0.25) is 0 Å². The highest BCUT2D eigenvalue weighted by Crippen LogP contribution is 2.46. The molecule has 0 radical (unpaired) electrons. The Hall–Kier alpha value is -2.07. The van der Waals surface area contributed by atoms with Crippen LogP contribution < -0.4 is 4.74 Å². The summed E-state index contributed by atoms with van der Waals surface area (Å²) >= 11 is 0. The fourth-order valence-corrected chi connectivity index (χ4v) is 6.46. The first kappa shape index (κ1) is 21.8. The standard InChI is InChI=1S/C28H37NO3/c1-28(2,3)23-7-10-24(11-8-23)32-25-9-6-19-12-18(4-5-20(19)14-25)15-29-16-21-13-22(17-29)26(21)27(30)31/h4-6,9,12,14,21-24,26H,7-8,10-11,13,15-17H2,1-3H3,(H,30,31). The third-order valence-electron chi connectivity index (χ3n) is 8.38. The number of carboxylic acid groups (broad SMARTS) is 1. The van der Waals surface area contributed by atoms with Crippen molar-refractivity contribution in [2.75, 3.05) is 13.1 Å². The lowest BCUT2D eigenvalue weighted by Gasteiger charge is -2.51. The number of fused-ring (bicyclic) bond motifs is 3. The van der Waals surface area contributed by atoms with E-state index in [1.807, 2.05) is 0 Å². The van der Waals surface area contributed by atoms with E-state index in [9.17, 15) is 9.90 Å². The number of piperidine rings is 2. The van der Waals surface area contributed by atoms with Gasteiger partial charge in [-0.3, -0.25) is 9.69 Å². The summed E-state index contributed by atoms with van der Waals surface area (Å²) in [7, 11) is 0. The van der Waals surface area contributed by atoms with E-state index in [0.717, 1.165) is 50.6 Å². The summed E-state index contributed by atoms with van der Waals surface area (Å²) < 4.78 is 6.37. The monoisotopic (exact) mass is 435 g/mol. The van der Waals surface area contributed by atoms with Crippen LogP contribution in [0, 0.1) is 29.1 Å². The van der Waals surface area contributed by atoms with Gasteiger partial charge in [0.1, 0.15) is 5.75 Å². The molecule has 4 heteroatoms. The summed E-state index contributed by atoms with van der Waals surface area (Å²) in [4.78, 5) is 13.8. The predicted octanol–water partition coefficient (Wildman–Crippen LogP) is 5.98. The summed E-state index contributed by atoms with van der Waals surface area (Å²) in [6, 6.07) is 13.2. The quantitative estimate of drug-likeness (QED) is 0.628. The van der Waals surface area contributed by atoms with Gasteiger partial charge in [0.25, 0.3) is 0 Å². The Morgan fingerprint density at radius 1 is 1.00 bits per heavy atom. The number of hydrogen-bond acceptors (Lipinski definition) is 3. The van der Waals surface area contributed by atoms with Gasteiger partial charge >= 0.3 is 5.97 Å². The predicted molar refractivity (Wildman–Crippen MR) is 128 cm³/mol. The van der Waals surface area contributed by atoms with E-state index in [1.165, 1.54) is 29.2 Å². The molecule has 172 valence electrons. The molecule has 2 saturated heterocycles. The molecule has 2 aromatic rings. The molecule has 0 aromatic heterocycles. The van der Waals surface area contributed by atoms with E-state index in [4.69, 9.17) is 4.74 Å². The van der Waals surface area contributed by atoms with Gasteiger partial charge in [-0.05, 0) is 89.8 Å². The van der Waals surface area contributed by atoms with E-state index in [0.29, 0.717) is 23.4 Å². The SMILES string of the molecule is CC(C)(C)C1CCC(Oc2ccc3cc(CN4CC5CC(C4)C5C(=O)O)ccc3c2)CC1. The molecule has 0 spiro atoms. The third-order valence-corrected chi connectivity index (χ3v) is 8.38. The molecule has 6 rings (SSSR count).